The van der Waals surface area contributed by atoms with Crippen molar-refractivity contribution >= 4 is 17.6 Å². The van der Waals surface area contributed by atoms with Gasteiger partial charge in [0.05, 0.1) is 17.5 Å². The van der Waals surface area contributed by atoms with Crippen LogP contribution in [0.5, 0.6) is 0 Å². The highest BCUT2D eigenvalue weighted by molar-refractivity contribution is 5.95. The van der Waals surface area contributed by atoms with Gasteiger partial charge >= 0.3 is 11.9 Å². The zero-order valence-electron chi connectivity index (χ0n) is 8.21. The molecule has 0 spiro atoms. The Balaban J connectivity index is 2.78. The number of nitrogens with zero attached hydrogens (tertiary/aromatic N) is 3. The molecule has 0 amide bonds. The van der Waals surface area contributed by atoms with Crippen LogP contribution in [-0.2, 0) is 0 Å². The molecule has 0 saturated heterocycles. The van der Waals surface area contributed by atoms with Crippen molar-refractivity contribution in [3.63, 3.8) is 0 Å². The van der Waals surface area contributed by atoms with E-state index in [-0.39, 0.29) is 16.8 Å². The first-order chi connectivity index (χ1) is 7.52. The van der Waals surface area contributed by atoms with E-state index < -0.39 is 11.9 Å². The van der Waals surface area contributed by atoms with E-state index in [9.17, 15) is 9.59 Å². The normalized spacial score (nSPS) is 10.6. The molecule has 7 nitrogen and oxygen atoms in total. The van der Waals surface area contributed by atoms with Gasteiger partial charge in [-0.1, -0.05) is 0 Å². The number of carbonyl (C=O) groups is 2. The molecule has 2 aromatic rings. The van der Waals surface area contributed by atoms with Gasteiger partial charge in [0.1, 0.15) is 5.56 Å². The second kappa shape index (κ2) is 3.30. The zero-order valence-corrected chi connectivity index (χ0v) is 8.21. The molecule has 0 aromatic carbocycles. The van der Waals surface area contributed by atoms with Gasteiger partial charge in [-0.15, -0.1) is 0 Å². The third-order valence-corrected chi connectivity index (χ3v) is 2.23. The highest BCUT2D eigenvalue weighted by atomic mass is 16.4. The van der Waals surface area contributed by atoms with Crippen LogP contribution in [0.3, 0.4) is 0 Å². The van der Waals surface area contributed by atoms with Crippen molar-refractivity contribution in [2.75, 3.05) is 0 Å². The Bertz CT molecular complexity index is 602. The first kappa shape index (κ1) is 10.1. The molecule has 82 valence electrons. The number of aromatic carboxylic acids is 2. The number of aromatic nitrogens is 3. The van der Waals surface area contributed by atoms with Crippen LogP contribution in [0, 0.1) is 6.92 Å². The fourth-order valence-electron chi connectivity index (χ4n) is 1.41. The number of fused-ring (bicyclic) bond motifs is 1. The second-order valence-corrected chi connectivity index (χ2v) is 3.16. The summed E-state index contributed by atoms with van der Waals surface area (Å²) in [6.07, 6.45) is 2.27. The van der Waals surface area contributed by atoms with Gasteiger partial charge in [-0.2, -0.15) is 5.10 Å². The van der Waals surface area contributed by atoms with Crippen LogP contribution in [0.1, 0.15) is 26.4 Å². The van der Waals surface area contributed by atoms with E-state index in [1.807, 2.05) is 0 Å². The van der Waals surface area contributed by atoms with Gasteiger partial charge in [0.2, 0.25) is 0 Å². The van der Waals surface area contributed by atoms with Crippen LogP contribution in [0.25, 0.3) is 5.65 Å². The van der Waals surface area contributed by atoms with E-state index in [0.29, 0.717) is 5.69 Å². The summed E-state index contributed by atoms with van der Waals surface area (Å²) in [5.74, 6) is -2.27. The van der Waals surface area contributed by atoms with Crippen molar-refractivity contribution in [1.29, 1.82) is 0 Å². The van der Waals surface area contributed by atoms with Gasteiger partial charge in [-0.25, -0.2) is 19.1 Å². The third kappa shape index (κ3) is 1.29. The van der Waals surface area contributed by atoms with E-state index in [2.05, 4.69) is 10.1 Å². The Kier molecular flexibility index (Phi) is 2.08. The predicted molar refractivity (Wildman–Crippen MR) is 51.6 cm³/mol. The lowest BCUT2D eigenvalue weighted by molar-refractivity contribution is 0.0687. The van der Waals surface area contributed by atoms with Crippen molar-refractivity contribution in [3.8, 4) is 0 Å². The summed E-state index contributed by atoms with van der Waals surface area (Å²) in [5.41, 5.74) is 0.410. The van der Waals surface area contributed by atoms with Gasteiger partial charge in [0.15, 0.2) is 5.65 Å². The summed E-state index contributed by atoms with van der Waals surface area (Å²) in [6, 6.07) is 0. The maximum Gasteiger partial charge on any atom is 0.341 e. The minimum absolute atomic E-state index is 0.00691. The SMILES string of the molecule is Cc1c(C(=O)O)cnc2c(C(=O)O)cnn12. The Hall–Kier alpha value is -2.44. The summed E-state index contributed by atoms with van der Waals surface area (Å²) in [6.45, 7) is 1.54. The van der Waals surface area contributed by atoms with Crippen molar-refractivity contribution < 1.29 is 19.8 Å². The number of carboxylic acids is 2. The Morgan fingerprint density at radius 2 is 1.81 bits per heavy atom. The minimum atomic E-state index is -1.15. The van der Waals surface area contributed by atoms with Crippen LogP contribution < -0.4 is 0 Å². The molecule has 0 atom stereocenters. The fraction of sp³-hybridized carbons (Fsp3) is 0.111. The average molecular weight is 221 g/mol. The molecule has 0 saturated carbocycles. The second-order valence-electron chi connectivity index (χ2n) is 3.16. The van der Waals surface area contributed by atoms with E-state index in [1.54, 1.807) is 0 Å². The summed E-state index contributed by atoms with van der Waals surface area (Å²) in [7, 11) is 0. The van der Waals surface area contributed by atoms with Gasteiger partial charge in [0.25, 0.3) is 0 Å². The predicted octanol–water partition coefficient (Wildman–Crippen LogP) is 0.434. The molecular weight excluding hydrogens is 214 g/mol. The Morgan fingerprint density at radius 3 is 2.38 bits per heavy atom. The quantitative estimate of drug-likeness (QED) is 0.762. The van der Waals surface area contributed by atoms with Gasteiger partial charge in [-0.05, 0) is 6.92 Å². The minimum Gasteiger partial charge on any atom is -0.478 e. The Labute approximate surface area is 89.0 Å². The number of aryl methyl sites for hydroxylation is 1. The van der Waals surface area contributed by atoms with Gasteiger partial charge in [0, 0.05) is 6.20 Å². The molecule has 16 heavy (non-hydrogen) atoms. The number of hydrogen-bond donors (Lipinski definition) is 2. The van der Waals surface area contributed by atoms with Crippen molar-refractivity contribution in [1.82, 2.24) is 14.6 Å². The van der Waals surface area contributed by atoms with Crippen molar-refractivity contribution in [2.45, 2.75) is 6.92 Å². The number of rotatable bonds is 2. The molecule has 2 N–H and O–H groups in total. The number of hydrogen-bond acceptors (Lipinski definition) is 4. The molecule has 0 aliphatic heterocycles. The molecule has 2 rings (SSSR count). The smallest absolute Gasteiger partial charge is 0.341 e. The molecule has 2 heterocycles. The topological polar surface area (TPSA) is 105 Å². The first-order valence-electron chi connectivity index (χ1n) is 4.32. The van der Waals surface area contributed by atoms with E-state index >= 15 is 0 Å². The van der Waals surface area contributed by atoms with Gasteiger partial charge in [-0.3, -0.25) is 0 Å². The average Bonchev–Trinajstić information content (AvgIpc) is 2.61. The third-order valence-electron chi connectivity index (χ3n) is 2.23. The standard InChI is InChI=1S/C9H7N3O4/c1-4-5(8(13)14)2-10-7-6(9(15)16)3-11-12(4)7/h2-3H,1H3,(H,13,14)(H,15,16). The molecule has 0 fully saturated rings. The largest absolute Gasteiger partial charge is 0.478 e. The first-order valence-corrected chi connectivity index (χ1v) is 4.32. The lowest BCUT2D eigenvalue weighted by Gasteiger charge is -2.02. The summed E-state index contributed by atoms with van der Waals surface area (Å²) >= 11 is 0. The summed E-state index contributed by atoms with van der Waals surface area (Å²) in [4.78, 5) is 25.4. The molecule has 2 aromatic heterocycles. The molecule has 0 bridgehead atoms. The fourth-order valence-corrected chi connectivity index (χ4v) is 1.41. The van der Waals surface area contributed by atoms with E-state index in [4.69, 9.17) is 10.2 Å². The molecular formula is C9H7N3O4. The van der Waals surface area contributed by atoms with Crippen LogP contribution in [0.15, 0.2) is 12.4 Å². The molecule has 0 aliphatic rings. The lowest BCUT2D eigenvalue weighted by Crippen LogP contribution is -2.07. The Morgan fingerprint density at radius 1 is 1.19 bits per heavy atom. The number of carboxylic acid groups (broad SMARTS) is 2. The maximum atomic E-state index is 10.8. The van der Waals surface area contributed by atoms with Crippen LogP contribution in [0.4, 0.5) is 0 Å². The van der Waals surface area contributed by atoms with Crippen LogP contribution in [0.2, 0.25) is 0 Å². The zero-order chi connectivity index (χ0) is 11.9. The molecule has 0 radical (unpaired) electrons. The van der Waals surface area contributed by atoms with Crippen LogP contribution in [-0.4, -0.2) is 36.7 Å². The van der Waals surface area contributed by atoms with Crippen molar-refractivity contribution in [3.05, 3.63) is 29.2 Å². The molecule has 0 aliphatic carbocycles. The monoisotopic (exact) mass is 221 g/mol. The summed E-state index contributed by atoms with van der Waals surface area (Å²) < 4.78 is 1.20. The lowest BCUT2D eigenvalue weighted by atomic mass is 10.2. The van der Waals surface area contributed by atoms with E-state index in [0.717, 1.165) is 12.4 Å². The highest BCUT2D eigenvalue weighted by Crippen LogP contribution is 2.13. The van der Waals surface area contributed by atoms with E-state index in [1.165, 1.54) is 11.4 Å². The van der Waals surface area contributed by atoms with Crippen LogP contribution >= 0.6 is 0 Å². The highest BCUT2D eigenvalue weighted by Gasteiger charge is 2.17. The van der Waals surface area contributed by atoms with Gasteiger partial charge < -0.3 is 10.2 Å². The summed E-state index contributed by atoms with van der Waals surface area (Å²) in [5, 5.41) is 21.5. The molecule has 7 heteroatoms. The molecule has 0 unspecified atom stereocenters. The maximum absolute atomic E-state index is 10.8. The van der Waals surface area contributed by atoms with Crippen molar-refractivity contribution in [2.24, 2.45) is 0 Å².